The number of carbonyl (C=O) groups is 1. The van der Waals surface area contributed by atoms with E-state index in [-0.39, 0.29) is 5.91 Å². The van der Waals surface area contributed by atoms with Crippen LogP contribution in [0.5, 0.6) is 0 Å². The molecule has 0 saturated heterocycles. The summed E-state index contributed by atoms with van der Waals surface area (Å²) in [4.78, 5) is 19.8. The van der Waals surface area contributed by atoms with Crippen molar-refractivity contribution in [3.05, 3.63) is 27.9 Å². The zero-order chi connectivity index (χ0) is 13.8. The van der Waals surface area contributed by atoms with E-state index in [1.807, 2.05) is 11.9 Å². The highest BCUT2D eigenvalue weighted by molar-refractivity contribution is 7.14. The van der Waals surface area contributed by atoms with Crippen LogP contribution in [0.15, 0.2) is 22.2 Å². The maximum atomic E-state index is 11.6. The van der Waals surface area contributed by atoms with Gasteiger partial charge in [0.05, 0.1) is 12.2 Å². The number of nitrogens with zero attached hydrogens (tertiary/aromatic N) is 3. The molecule has 2 heterocycles. The predicted octanol–water partition coefficient (Wildman–Crippen LogP) is 2.39. The quantitative estimate of drug-likeness (QED) is 0.850. The SMILES string of the molecule is CN(CC(=O)N(C)C)Cc1csc(-c2ccsc2)n1. The molecule has 0 N–H and O–H groups in total. The summed E-state index contributed by atoms with van der Waals surface area (Å²) in [7, 11) is 5.48. The van der Waals surface area contributed by atoms with Crippen molar-refractivity contribution in [3.8, 4) is 10.6 Å². The van der Waals surface area contributed by atoms with Crippen molar-refractivity contribution in [1.29, 1.82) is 0 Å². The number of carbonyl (C=O) groups excluding carboxylic acids is 1. The number of hydrogen-bond acceptors (Lipinski definition) is 5. The summed E-state index contributed by atoms with van der Waals surface area (Å²) in [6.07, 6.45) is 0. The van der Waals surface area contributed by atoms with Gasteiger partial charge in [-0.05, 0) is 18.5 Å². The molecule has 0 unspecified atom stereocenters. The van der Waals surface area contributed by atoms with Gasteiger partial charge >= 0.3 is 0 Å². The first-order valence-electron chi connectivity index (χ1n) is 5.92. The van der Waals surface area contributed by atoms with Crippen molar-refractivity contribution in [1.82, 2.24) is 14.8 Å². The molecule has 0 aliphatic carbocycles. The standard InChI is InChI=1S/C13H17N3OS2/c1-15(2)12(17)7-16(3)6-11-9-19-13(14-11)10-4-5-18-8-10/h4-5,8-9H,6-7H2,1-3H3. The molecule has 102 valence electrons. The Hall–Kier alpha value is -1.24. The van der Waals surface area contributed by atoms with Crippen LogP contribution in [0.25, 0.3) is 10.6 Å². The zero-order valence-corrected chi connectivity index (χ0v) is 12.9. The van der Waals surface area contributed by atoms with E-state index in [1.54, 1.807) is 41.7 Å². The van der Waals surface area contributed by atoms with E-state index in [4.69, 9.17) is 0 Å². The third-order valence-corrected chi connectivity index (χ3v) is 4.28. The van der Waals surface area contributed by atoms with Crippen molar-refractivity contribution < 1.29 is 4.79 Å². The second-order valence-electron chi connectivity index (χ2n) is 4.62. The fourth-order valence-corrected chi connectivity index (χ4v) is 3.13. The number of thiophene rings is 1. The maximum Gasteiger partial charge on any atom is 0.236 e. The summed E-state index contributed by atoms with van der Waals surface area (Å²) < 4.78 is 0. The van der Waals surface area contributed by atoms with Crippen LogP contribution < -0.4 is 0 Å². The van der Waals surface area contributed by atoms with Gasteiger partial charge in [-0.1, -0.05) is 0 Å². The Morgan fingerprint density at radius 2 is 2.11 bits per heavy atom. The van der Waals surface area contributed by atoms with Gasteiger partial charge in [0, 0.05) is 37.0 Å². The number of thiazole rings is 1. The average molecular weight is 295 g/mol. The van der Waals surface area contributed by atoms with Crippen LogP contribution in [0.1, 0.15) is 5.69 Å². The van der Waals surface area contributed by atoms with Crippen LogP contribution in [0, 0.1) is 0 Å². The monoisotopic (exact) mass is 295 g/mol. The van der Waals surface area contributed by atoms with Gasteiger partial charge in [-0.15, -0.1) is 11.3 Å². The Morgan fingerprint density at radius 3 is 2.74 bits per heavy atom. The Morgan fingerprint density at radius 1 is 1.32 bits per heavy atom. The third-order valence-electron chi connectivity index (χ3n) is 2.66. The molecule has 6 heteroatoms. The van der Waals surface area contributed by atoms with Crippen LogP contribution in [0.2, 0.25) is 0 Å². The summed E-state index contributed by atoms with van der Waals surface area (Å²) in [5.74, 6) is 0.107. The molecule has 2 aromatic rings. The van der Waals surface area contributed by atoms with E-state index < -0.39 is 0 Å². The van der Waals surface area contributed by atoms with E-state index >= 15 is 0 Å². The van der Waals surface area contributed by atoms with E-state index in [9.17, 15) is 4.79 Å². The molecular formula is C13H17N3OS2. The highest BCUT2D eigenvalue weighted by Crippen LogP contribution is 2.25. The largest absolute Gasteiger partial charge is 0.348 e. The molecule has 0 fully saturated rings. The molecule has 0 saturated carbocycles. The van der Waals surface area contributed by atoms with E-state index in [0.29, 0.717) is 13.1 Å². The minimum Gasteiger partial charge on any atom is -0.348 e. The van der Waals surface area contributed by atoms with Gasteiger partial charge in [0.1, 0.15) is 5.01 Å². The first kappa shape index (κ1) is 14.2. The van der Waals surface area contributed by atoms with Crippen molar-refractivity contribution in [3.63, 3.8) is 0 Å². The van der Waals surface area contributed by atoms with E-state index in [1.165, 1.54) is 5.56 Å². The zero-order valence-electron chi connectivity index (χ0n) is 11.3. The molecule has 0 bridgehead atoms. The van der Waals surface area contributed by atoms with Gasteiger partial charge in [0.25, 0.3) is 0 Å². The lowest BCUT2D eigenvalue weighted by Gasteiger charge is -2.17. The highest BCUT2D eigenvalue weighted by Gasteiger charge is 2.11. The Kier molecular flexibility index (Phi) is 4.68. The molecule has 0 aliphatic rings. The van der Waals surface area contributed by atoms with Crippen LogP contribution in [0.4, 0.5) is 0 Å². The lowest BCUT2D eigenvalue weighted by molar-refractivity contribution is -0.129. The highest BCUT2D eigenvalue weighted by atomic mass is 32.1. The lowest BCUT2D eigenvalue weighted by Crippen LogP contribution is -2.34. The van der Waals surface area contributed by atoms with Gasteiger partial charge < -0.3 is 4.90 Å². The molecule has 2 aromatic heterocycles. The van der Waals surface area contributed by atoms with Crippen molar-refractivity contribution in [2.24, 2.45) is 0 Å². The molecule has 0 spiro atoms. The molecule has 0 aliphatic heterocycles. The lowest BCUT2D eigenvalue weighted by atomic mass is 10.3. The Bertz CT molecular complexity index is 534. The number of rotatable bonds is 5. The molecule has 0 aromatic carbocycles. The number of aromatic nitrogens is 1. The van der Waals surface area contributed by atoms with Gasteiger partial charge in [0.2, 0.25) is 5.91 Å². The second-order valence-corrected chi connectivity index (χ2v) is 6.25. The molecule has 2 rings (SSSR count). The third kappa shape index (κ3) is 3.86. The summed E-state index contributed by atoms with van der Waals surface area (Å²) in [6.45, 7) is 1.11. The number of likely N-dealkylation sites (N-methyl/N-ethyl adjacent to an activating group) is 2. The van der Waals surface area contributed by atoms with Crippen molar-refractivity contribution >= 4 is 28.6 Å². The first-order valence-corrected chi connectivity index (χ1v) is 7.74. The minimum atomic E-state index is 0.107. The summed E-state index contributed by atoms with van der Waals surface area (Å²) >= 11 is 3.32. The fourth-order valence-electron chi connectivity index (χ4n) is 1.60. The molecule has 19 heavy (non-hydrogen) atoms. The summed E-state index contributed by atoms with van der Waals surface area (Å²) in [5.41, 5.74) is 2.19. The second kappa shape index (κ2) is 6.27. The Balaban J connectivity index is 1.95. The molecule has 0 radical (unpaired) electrons. The van der Waals surface area contributed by atoms with E-state index in [0.717, 1.165) is 10.7 Å². The summed E-state index contributed by atoms with van der Waals surface area (Å²) in [6, 6.07) is 2.08. The fraction of sp³-hybridized carbons (Fsp3) is 0.385. The van der Waals surface area contributed by atoms with Crippen molar-refractivity contribution in [2.45, 2.75) is 6.54 Å². The Labute approximate surface area is 121 Å². The maximum absolute atomic E-state index is 11.6. The van der Waals surface area contributed by atoms with Gasteiger partial charge in [-0.3, -0.25) is 9.69 Å². The van der Waals surface area contributed by atoms with Crippen LogP contribution in [-0.2, 0) is 11.3 Å². The van der Waals surface area contributed by atoms with Crippen LogP contribution >= 0.6 is 22.7 Å². The van der Waals surface area contributed by atoms with Crippen molar-refractivity contribution in [2.75, 3.05) is 27.7 Å². The molecule has 4 nitrogen and oxygen atoms in total. The molecule has 0 atom stereocenters. The molecular weight excluding hydrogens is 278 g/mol. The normalized spacial score (nSPS) is 10.9. The van der Waals surface area contributed by atoms with Crippen LogP contribution in [-0.4, -0.2) is 48.4 Å². The smallest absolute Gasteiger partial charge is 0.236 e. The minimum absolute atomic E-state index is 0.107. The average Bonchev–Trinajstić information content (AvgIpc) is 2.97. The van der Waals surface area contributed by atoms with Gasteiger partial charge in [-0.25, -0.2) is 4.98 Å². The number of amides is 1. The van der Waals surface area contributed by atoms with Gasteiger partial charge in [-0.2, -0.15) is 11.3 Å². The van der Waals surface area contributed by atoms with Crippen LogP contribution in [0.3, 0.4) is 0 Å². The van der Waals surface area contributed by atoms with E-state index in [2.05, 4.69) is 27.2 Å². The molecule has 1 amide bonds. The topological polar surface area (TPSA) is 36.4 Å². The van der Waals surface area contributed by atoms with Gasteiger partial charge in [0.15, 0.2) is 0 Å². The number of hydrogen-bond donors (Lipinski definition) is 0. The first-order chi connectivity index (χ1) is 9.06. The predicted molar refractivity (Wildman–Crippen MR) is 80.5 cm³/mol. The summed E-state index contributed by atoms with van der Waals surface area (Å²) in [5, 5.41) is 7.26.